The topological polar surface area (TPSA) is 64.0 Å². The maximum atomic E-state index is 5.47. The number of hydrogen-bond donors (Lipinski definition) is 0. The fourth-order valence-corrected chi connectivity index (χ4v) is 6.30. The molecular weight excluding hydrogens is 390 g/mol. The first-order valence-electron chi connectivity index (χ1n) is 9.77. The van der Waals surface area contributed by atoms with Crippen LogP contribution in [0.3, 0.4) is 0 Å². The summed E-state index contributed by atoms with van der Waals surface area (Å²) in [5.74, 6) is 0.890. The van der Waals surface area contributed by atoms with Crippen LogP contribution in [0.5, 0.6) is 0 Å². The second-order valence-corrected chi connectivity index (χ2v) is 9.45. The minimum Gasteiger partial charge on any atom is -0.379 e. The summed E-state index contributed by atoms with van der Waals surface area (Å²) in [4.78, 5) is 24.2. The van der Waals surface area contributed by atoms with Gasteiger partial charge in [0.05, 0.1) is 19.8 Å². The third-order valence-corrected chi connectivity index (χ3v) is 7.24. The van der Waals surface area contributed by atoms with Crippen molar-refractivity contribution in [1.82, 2.24) is 24.8 Å². The van der Waals surface area contributed by atoms with E-state index < -0.39 is 0 Å². The Hall–Kier alpha value is -1.61. The smallest absolute Gasteiger partial charge is 0.194 e. The Kier molecular flexibility index (Phi) is 5.04. The van der Waals surface area contributed by atoms with Crippen LogP contribution in [0.25, 0.3) is 10.2 Å². The quantitative estimate of drug-likeness (QED) is 0.478. The summed E-state index contributed by atoms with van der Waals surface area (Å²) in [5.41, 5.74) is 3.43. The van der Waals surface area contributed by atoms with E-state index in [-0.39, 0.29) is 0 Å². The maximum Gasteiger partial charge on any atom is 0.194 e. The molecule has 0 saturated carbocycles. The highest BCUT2D eigenvalue weighted by Crippen LogP contribution is 2.41. The molecule has 0 amide bonds. The van der Waals surface area contributed by atoms with E-state index in [1.165, 1.54) is 28.7 Å². The summed E-state index contributed by atoms with van der Waals surface area (Å²) in [7, 11) is 0. The number of aryl methyl sites for hydroxylation is 4. The lowest BCUT2D eigenvalue weighted by Gasteiger charge is -2.25. The summed E-state index contributed by atoms with van der Waals surface area (Å²) in [5, 5.41) is 3.02. The Morgan fingerprint density at radius 2 is 1.86 bits per heavy atom. The van der Waals surface area contributed by atoms with Crippen LogP contribution in [0.4, 0.5) is 0 Å². The van der Waals surface area contributed by atoms with Gasteiger partial charge in [0.2, 0.25) is 0 Å². The number of thiophene rings is 1. The largest absolute Gasteiger partial charge is 0.379 e. The fraction of sp³-hybridized carbons (Fsp3) is 0.500. The van der Waals surface area contributed by atoms with Gasteiger partial charge in [-0.1, -0.05) is 0 Å². The summed E-state index contributed by atoms with van der Waals surface area (Å²) >= 11 is 3.43. The van der Waals surface area contributed by atoms with E-state index >= 15 is 0 Å². The highest BCUT2D eigenvalue weighted by molar-refractivity contribution is 7.99. The van der Waals surface area contributed by atoms with E-state index in [1.807, 2.05) is 31.3 Å². The normalized spacial score (nSPS) is 17.4. The average molecular weight is 414 g/mol. The molecule has 6 nitrogen and oxygen atoms in total. The molecule has 0 bridgehead atoms. The number of morpholine rings is 1. The number of rotatable bonds is 4. The molecular formula is C20H23N5OS2. The fourth-order valence-electron chi connectivity index (χ4n) is 3.93. The summed E-state index contributed by atoms with van der Waals surface area (Å²) in [6.07, 6.45) is 3.53. The van der Waals surface area contributed by atoms with Crippen LogP contribution in [0, 0.1) is 13.8 Å². The minimum absolute atomic E-state index is 0.767. The molecule has 3 aromatic heterocycles. The molecule has 1 aliphatic carbocycles. The zero-order chi connectivity index (χ0) is 19.1. The number of aromatic nitrogens is 4. The van der Waals surface area contributed by atoms with Crippen molar-refractivity contribution in [3.05, 3.63) is 33.7 Å². The predicted octanol–water partition coefficient (Wildman–Crippen LogP) is 3.57. The summed E-state index contributed by atoms with van der Waals surface area (Å²) in [6, 6.07) is 2.01. The molecule has 0 N–H and O–H groups in total. The number of nitrogens with zero attached hydrogens (tertiary/aromatic N) is 5. The highest BCUT2D eigenvalue weighted by Gasteiger charge is 2.24. The monoisotopic (exact) mass is 413 g/mol. The van der Waals surface area contributed by atoms with Crippen molar-refractivity contribution < 1.29 is 4.74 Å². The van der Waals surface area contributed by atoms with Crippen molar-refractivity contribution in [2.75, 3.05) is 26.3 Å². The molecule has 0 unspecified atom stereocenters. The molecule has 0 spiro atoms. The zero-order valence-electron chi connectivity index (χ0n) is 16.2. The van der Waals surface area contributed by atoms with Gasteiger partial charge in [-0.3, -0.25) is 4.90 Å². The van der Waals surface area contributed by atoms with Gasteiger partial charge in [0, 0.05) is 34.7 Å². The van der Waals surface area contributed by atoms with E-state index in [0.717, 1.165) is 71.5 Å². The van der Waals surface area contributed by atoms with E-state index in [2.05, 4.69) is 14.9 Å². The molecule has 1 aliphatic heterocycles. The first-order valence-corrected chi connectivity index (χ1v) is 11.4. The Bertz CT molecular complexity index is 1010. The Morgan fingerprint density at radius 1 is 1.07 bits per heavy atom. The minimum atomic E-state index is 0.767. The second kappa shape index (κ2) is 7.67. The van der Waals surface area contributed by atoms with Gasteiger partial charge in [-0.2, -0.15) is 0 Å². The lowest BCUT2D eigenvalue weighted by atomic mass is 10.2. The van der Waals surface area contributed by atoms with Crippen molar-refractivity contribution in [2.24, 2.45) is 0 Å². The molecule has 0 radical (unpaired) electrons. The number of fused-ring (bicyclic) bond motifs is 3. The van der Waals surface area contributed by atoms with E-state index in [4.69, 9.17) is 14.7 Å². The highest BCUT2D eigenvalue weighted by atomic mass is 32.2. The molecule has 5 rings (SSSR count). The Balaban J connectivity index is 1.56. The SMILES string of the molecule is Cc1cc(C)nc(Sc2nc(CN3CCOCC3)nc3sc4c(c23)CCC4)n1. The third kappa shape index (κ3) is 3.66. The van der Waals surface area contributed by atoms with Crippen molar-refractivity contribution in [3.63, 3.8) is 0 Å². The van der Waals surface area contributed by atoms with Gasteiger partial charge < -0.3 is 4.74 Å². The van der Waals surface area contributed by atoms with Gasteiger partial charge >= 0.3 is 0 Å². The molecule has 146 valence electrons. The molecule has 0 aromatic carbocycles. The molecule has 0 atom stereocenters. The second-order valence-electron chi connectivity index (χ2n) is 7.41. The van der Waals surface area contributed by atoms with Crippen LogP contribution in [0.2, 0.25) is 0 Å². The zero-order valence-corrected chi connectivity index (χ0v) is 17.8. The average Bonchev–Trinajstić information content (AvgIpc) is 3.22. The first kappa shape index (κ1) is 18.4. The van der Waals surface area contributed by atoms with Crippen LogP contribution in [0.1, 0.15) is 34.1 Å². The molecule has 2 aliphatic rings. The van der Waals surface area contributed by atoms with E-state index in [9.17, 15) is 0 Å². The summed E-state index contributed by atoms with van der Waals surface area (Å²) in [6.45, 7) is 8.24. The third-order valence-electron chi connectivity index (χ3n) is 5.20. The summed E-state index contributed by atoms with van der Waals surface area (Å²) < 4.78 is 5.47. The number of ether oxygens (including phenoxy) is 1. The van der Waals surface area contributed by atoms with E-state index in [0.29, 0.717) is 0 Å². The molecule has 28 heavy (non-hydrogen) atoms. The Morgan fingerprint density at radius 3 is 2.64 bits per heavy atom. The molecule has 8 heteroatoms. The standard InChI is InChI=1S/C20H23N5OS2/c1-12-10-13(2)22-20(21-12)28-19-17-14-4-3-5-15(14)27-18(17)23-16(24-19)11-25-6-8-26-9-7-25/h10H,3-9,11H2,1-2H3. The lowest BCUT2D eigenvalue weighted by molar-refractivity contribution is 0.0330. The number of hydrogen-bond acceptors (Lipinski definition) is 8. The molecule has 1 saturated heterocycles. The van der Waals surface area contributed by atoms with Gasteiger partial charge in [-0.05, 0) is 56.5 Å². The van der Waals surface area contributed by atoms with Crippen LogP contribution in [0.15, 0.2) is 16.2 Å². The van der Waals surface area contributed by atoms with Crippen LogP contribution in [-0.2, 0) is 24.1 Å². The molecule has 3 aromatic rings. The van der Waals surface area contributed by atoms with Crippen molar-refractivity contribution in [3.8, 4) is 0 Å². The molecule has 1 fully saturated rings. The Labute approximate surface area is 172 Å². The first-order chi connectivity index (χ1) is 13.7. The van der Waals surface area contributed by atoms with Crippen molar-refractivity contribution in [1.29, 1.82) is 0 Å². The van der Waals surface area contributed by atoms with Gasteiger partial charge in [-0.25, -0.2) is 19.9 Å². The van der Waals surface area contributed by atoms with Crippen LogP contribution < -0.4 is 0 Å². The van der Waals surface area contributed by atoms with Crippen molar-refractivity contribution in [2.45, 2.75) is 49.8 Å². The van der Waals surface area contributed by atoms with Gasteiger partial charge in [0.1, 0.15) is 15.7 Å². The predicted molar refractivity (Wildman–Crippen MR) is 111 cm³/mol. The van der Waals surface area contributed by atoms with Gasteiger partial charge in [-0.15, -0.1) is 11.3 Å². The van der Waals surface area contributed by atoms with E-state index in [1.54, 1.807) is 11.8 Å². The van der Waals surface area contributed by atoms with Gasteiger partial charge in [0.15, 0.2) is 5.16 Å². The van der Waals surface area contributed by atoms with Gasteiger partial charge in [0.25, 0.3) is 0 Å². The maximum absolute atomic E-state index is 5.47. The van der Waals surface area contributed by atoms with Crippen molar-refractivity contribution >= 4 is 33.3 Å². The molecule has 4 heterocycles. The van der Waals surface area contributed by atoms with Crippen LogP contribution >= 0.6 is 23.1 Å². The van der Waals surface area contributed by atoms with Crippen LogP contribution in [-0.4, -0.2) is 51.1 Å². The lowest BCUT2D eigenvalue weighted by Crippen LogP contribution is -2.36.